The van der Waals surface area contributed by atoms with Crippen molar-refractivity contribution in [3.8, 4) is 0 Å². The van der Waals surface area contributed by atoms with Gasteiger partial charge in [-0.3, -0.25) is 9.59 Å². The number of amides is 1. The molecule has 0 atom stereocenters. The number of methoxy groups -OCH3 is 1. The number of carbonyl (C=O) groups excluding carboxylic acids is 2. The lowest BCUT2D eigenvalue weighted by molar-refractivity contribution is -0.141. The topological polar surface area (TPSA) is 46.6 Å². The van der Waals surface area contributed by atoms with Crippen molar-refractivity contribution in [2.45, 2.75) is 19.8 Å². The molecular weight excluding hydrogens is 266 g/mol. The van der Waals surface area contributed by atoms with Crippen LogP contribution in [0.5, 0.6) is 0 Å². The minimum absolute atomic E-state index is 0.00581. The van der Waals surface area contributed by atoms with Gasteiger partial charge in [0, 0.05) is 18.1 Å². The highest BCUT2D eigenvalue weighted by atomic mass is 35.5. The first kappa shape index (κ1) is 15.5. The van der Waals surface area contributed by atoms with Crippen molar-refractivity contribution in [2.24, 2.45) is 0 Å². The molecular formula is C14H18ClNO3. The highest BCUT2D eigenvalue weighted by Crippen LogP contribution is 2.11. The number of likely N-dealkylation sites (N-methyl/N-ethyl adjacent to an activating group) is 1. The van der Waals surface area contributed by atoms with Crippen LogP contribution in [-0.2, 0) is 20.7 Å². The van der Waals surface area contributed by atoms with E-state index in [9.17, 15) is 9.59 Å². The number of esters is 1. The number of hydrogen-bond donors (Lipinski definition) is 0. The molecule has 0 aromatic heterocycles. The van der Waals surface area contributed by atoms with E-state index in [1.165, 1.54) is 7.11 Å². The van der Waals surface area contributed by atoms with E-state index in [4.69, 9.17) is 11.6 Å². The summed E-state index contributed by atoms with van der Waals surface area (Å²) in [7, 11) is 1.34. The summed E-state index contributed by atoms with van der Waals surface area (Å²) in [5, 5.41) is 0.647. The van der Waals surface area contributed by atoms with Gasteiger partial charge in [-0.15, -0.1) is 0 Å². The summed E-state index contributed by atoms with van der Waals surface area (Å²) in [5.74, 6) is -0.313. The van der Waals surface area contributed by atoms with E-state index in [0.29, 0.717) is 24.5 Å². The first-order chi connectivity index (χ1) is 9.06. The third-order valence-corrected chi connectivity index (χ3v) is 3.07. The van der Waals surface area contributed by atoms with Crippen LogP contribution in [0.3, 0.4) is 0 Å². The van der Waals surface area contributed by atoms with Crippen LogP contribution >= 0.6 is 11.6 Å². The summed E-state index contributed by atoms with van der Waals surface area (Å²) in [6, 6.07) is 7.17. The molecule has 0 radical (unpaired) electrons. The van der Waals surface area contributed by atoms with E-state index < -0.39 is 0 Å². The van der Waals surface area contributed by atoms with Crippen molar-refractivity contribution in [2.75, 3.05) is 20.2 Å². The number of rotatable bonds is 6. The Morgan fingerprint density at radius 2 is 1.89 bits per heavy atom. The predicted octanol–water partition coefficient (Wildman–Crippen LogP) is 2.29. The molecule has 0 saturated carbocycles. The Balaban J connectivity index is 2.53. The number of nitrogens with zero attached hydrogens (tertiary/aromatic N) is 1. The normalized spacial score (nSPS) is 10.1. The molecule has 4 nitrogen and oxygen atoms in total. The lowest BCUT2D eigenvalue weighted by atomic mass is 10.1. The van der Waals surface area contributed by atoms with Gasteiger partial charge in [0.2, 0.25) is 5.91 Å². The van der Waals surface area contributed by atoms with Crippen LogP contribution in [0.1, 0.15) is 18.9 Å². The van der Waals surface area contributed by atoms with Gasteiger partial charge < -0.3 is 9.64 Å². The summed E-state index contributed by atoms with van der Waals surface area (Å²) in [4.78, 5) is 24.8. The summed E-state index contributed by atoms with van der Waals surface area (Å²) < 4.78 is 4.56. The van der Waals surface area contributed by atoms with Gasteiger partial charge in [-0.25, -0.2) is 0 Å². The zero-order chi connectivity index (χ0) is 14.3. The number of halogens is 1. The maximum Gasteiger partial charge on any atom is 0.307 e. The molecule has 0 heterocycles. The Labute approximate surface area is 118 Å². The van der Waals surface area contributed by atoms with Crippen molar-refractivity contribution >= 4 is 23.5 Å². The second kappa shape index (κ2) is 7.79. The fourth-order valence-corrected chi connectivity index (χ4v) is 1.80. The van der Waals surface area contributed by atoms with E-state index in [1.54, 1.807) is 17.0 Å². The average molecular weight is 284 g/mol. The molecule has 19 heavy (non-hydrogen) atoms. The minimum Gasteiger partial charge on any atom is -0.469 e. The average Bonchev–Trinajstić information content (AvgIpc) is 2.41. The van der Waals surface area contributed by atoms with Crippen molar-refractivity contribution in [1.29, 1.82) is 0 Å². The number of ether oxygens (including phenoxy) is 1. The fourth-order valence-electron chi connectivity index (χ4n) is 1.68. The molecule has 0 N–H and O–H groups in total. The molecule has 0 saturated heterocycles. The molecule has 0 fully saturated rings. The van der Waals surface area contributed by atoms with Gasteiger partial charge in [0.15, 0.2) is 0 Å². The lowest BCUT2D eigenvalue weighted by Gasteiger charge is -2.20. The molecule has 1 aromatic rings. The molecule has 0 bridgehead atoms. The summed E-state index contributed by atoms with van der Waals surface area (Å²) in [6.07, 6.45) is 0.531. The summed E-state index contributed by atoms with van der Waals surface area (Å²) in [6.45, 7) is 2.84. The number of benzene rings is 1. The fraction of sp³-hybridized carbons (Fsp3) is 0.429. The molecule has 1 rings (SSSR count). The van der Waals surface area contributed by atoms with Crippen LogP contribution < -0.4 is 0 Å². The van der Waals surface area contributed by atoms with Gasteiger partial charge in [0.25, 0.3) is 0 Å². The third-order valence-electron chi connectivity index (χ3n) is 2.82. The molecule has 0 unspecified atom stereocenters. The van der Waals surface area contributed by atoms with Crippen LogP contribution in [0.2, 0.25) is 5.02 Å². The highest BCUT2D eigenvalue weighted by molar-refractivity contribution is 6.30. The first-order valence-corrected chi connectivity index (χ1v) is 6.53. The van der Waals surface area contributed by atoms with Crippen LogP contribution in [0, 0.1) is 0 Å². The zero-order valence-corrected chi connectivity index (χ0v) is 11.9. The van der Waals surface area contributed by atoms with E-state index in [1.807, 2.05) is 19.1 Å². The summed E-state index contributed by atoms with van der Waals surface area (Å²) in [5.41, 5.74) is 0.908. The van der Waals surface area contributed by atoms with Crippen molar-refractivity contribution in [3.05, 3.63) is 34.9 Å². The number of carbonyl (C=O) groups is 2. The van der Waals surface area contributed by atoms with Crippen molar-refractivity contribution in [3.63, 3.8) is 0 Å². The smallest absolute Gasteiger partial charge is 0.307 e. The number of hydrogen-bond acceptors (Lipinski definition) is 3. The SMILES string of the molecule is CCN(CCC(=O)OC)C(=O)Cc1ccc(Cl)cc1. The standard InChI is InChI=1S/C14H18ClNO3/c1-3-16(9-8-14(18)19-2)13(17)10-11-4-6-12(15)7-5-11/h4-7H,3,8-10H2,1-2H3. The van der Waals surface area contributed by atoms with Gasteiger partial charge in [-0.2, -0.15) is 0 Å². The quantitative estimate of drug-likeness (QED) is 0.753. The van der Waals surface area contributed by atoms with Crippen molar-refractivity contribution in [1.82, 2.24) is 4.90 Å². The van der Waals surface area contributed by atoms with E-state index >= 15 is 0 Å². The largest absolute Gasteiger partial charge is 0.469 e. The molecule has 5 heteroatoms. The Kier molecular flexibility index (Phi) is 6.36. The van der Waals surface area contributed by atoms with Gasteiger partial charge in [0.05, 0.1) is 20.0 Å². The third kappa shape index (κ3) is 5.30. The van der Waals surface area contributed by atoms with Crippen LogP contribution in [0.25, 0.3) is 0 Å². The molecule has 0 aliphatic carbocycles. The molecule has 0 spiro atoms. The Bertz CT molecular complexity index is 431. The lowest BCUT2D eigenvalue weighted by Crippen LogP contribution is -2.34. The van der Waals surface area contributed by atoms with Gasteiger partial charge in [-0.05, 0) is 24.6 Å². The Morgan fingerprint density at radius 1 is 1.26 bits per heavy atom. The maximum absolute atomic E-state index is 12.1. The summed E-state index contributed by atoms with van der Waals surface area (Å²) >= 11 is 5.79. The van der Waals surface area contributed by atoms with Gasteiger partial charge in [0.1, 0.15) is 0 Å². The molecule has 1 amide bonds. The second-order valence-electron chi connectivity index (χ2n) is 4.10. The second-order valence-corrected chi connectivity index (χ2v) is 4.54. The van der Waals surface area contributed by atoms with Crippen LogP contribution in [0.4, 0.5) is 0 Å². The molecule has 0 aliphatic heterocycles. The maximum atomic E-state index is 12.1. The van der Waals surface area contributed by atoms with Crippen LogP contribution in [0.15, 0.2) is 24.3 Å². The Morgan fingerprint density at radius 3 is 2.42 bits per heavy atom. The molecule has 0 aliphatic rings. The predicted molar refractivity (Wildman–Crippen MR) is 74.0 cm³/mol. The molecule has 1 aromatic carbocycles. The van der Waals surface area contributed by atoms with E-state index in [-0.39, 0.29) is 18.3 Å². The highest BCUT2D eigenvalue weighted by Gasteiger charge is 2.13. The Hall–Kier alpha value is -1.55. The molecule has 104 valence electrons. The zero-order valence-electron chi connectivity index (χ0n) is 11.2. The van der Waals surface area contributed by atoms with Gasteiger partial charge >= 0.3 is 5.97 Å². The first-order valence-electron chi connectivity index (χ1n) is 6.15. The van der Waals surface area contributed by atoms with E-state index in [2.05, 4.69) is 4.74 Å². The van der Waals surface area contributed by atoms with E-state index in [0.717, 1.165) is 5.56 Å². The monoisotopic (exact) mass is 283 g/mol. The van der Waals surface area contributed by atoms with Crippen molar-refractivity contribution < 1.29 is 14.3 Å². The van der Waals surface area contributed by atoms with Gasteiger partial charge in [-0.1, -0.05) is 23.7 Å². The van der Waals surface area contributed by atoms with Crippen LogP contribution in [-0.4, -0.2) is 37.0 Å². The minimum atomic E-state index is -0.308.